The standard InChI is InChI=1S/C18H18N2O3/c1-20-16(22)11-15(17(20)12-6-3-2-4-7-12)18(23)19-13-8-5-9-14(21)10-13/h2-10,15,17,21H,11H2,1H3,(H,19,23)/t15-,17+/m1/s1. The molecule has 1 saturated heterocycles. The van der Waals surface area contributed by atoms with Crippen LogP contribution in [0.2, 0.25) is 0 Å². The van der Waals surface area contributed by atoms with Gasteiger partial charge in [0.05, 0.1) is 12.0 Å². The average molecular weight is 310 g/mol. The quantitative estimate of drug-likeness (QED) is 0.915. The molecular formula is C18H18N2O3. The fourth-order valence-corrected chi connectivity index (χ4v) is 3.03. The lowest BCUT2D eigenvalue weighted by Crippen LogP contribution is -2.29. The lowest BCUT2D eigenvalue weighted by molar-refractivity contribution is -0.127. The van der Waals surface area contributed by atoms with E-state index in [4.69, 9.17) is 0 Å². The molecule has 0 spiro atoms. The molecule has 3 rings (SSSR count). The summed E-state index contributed by atoms with van der Waals surface area (Å²) in [6, 6.07) is 15.7. The van der Waals surface area contributed by atoms with Crippen LogP contribution in [0.1, 0.15) is 18.0 Å². The second-order valence-electron chi connectivity index (χ2n) is 5.71. The molecule has 118 valence electrons. The van der Waals surface area contributed by atoms with E-state index in [0.29, 0.717) is 5.69 Å². The molecule has 0 unspecified atom stereocenters. The number of amides is 2. The van der Waals surface area contributed by atoms with Gasteiger partial charge in [-0.05, 0) is 17.7 Å². The van der Waals surface area contributed by atoms with E-state index >= 15 is 0 Å². The first kappa shape index (κ1) is 15.1. The van der Waals surface area contributed by atoms with Crippen LogP contribution >= 0.6 is 0 Å². The third kappa shape index (κ3) is 3.04. The Morgan fingerprint density at radius 3 is 2.61 bits per heavy atom. The number of aromatic hydroxyl groups is 1. The third-order valence-electron chi connectivity index (χ3n) is 4.18. The van der Waals surface area contributed by atoms with E-state index < -0.39 is 5.92 Å². The Morgan fingerprint density at radius 1 is 1.17 bits per heavy atom. The number of benzene rings is 2. The minimum atomic E-state index is -0.461. The highest BCUT2D eigenvalue weighted by Crippen LogP contribution is 2.37. The topological polar surface area (TPSA) is 69.6 Å². The first-order valence-electron chi connectivity index (χ1n) is 7.47. The molecular weight excluding hydrogens is 292 g/mol. The highest BCUT2D eigenvalue weighted by Gasteiger charge is 2.42. The van der Waals surface area contributed by atoms with Crippen molar-refractivity contribution in [2.24, 2.45) is 5.92 Å². The van der Waals surface area contributed by atoms with Crippen LogP contribution in [0.4, 0.5) is 5.69 Å². The molecule has 5 nitrogen and oxygen atoms in total. The summed E-state index contributed by atoms with van der Waals surface area (Å²) >= 11 is 0. The molecule has 2 atom stereocenters. The van der Waals surface area contributed by atoms with E-state index in [1.54, 1.807) is 24.1 Å². The molecule has 2 N–H and O–H groups in total. The smallest absolute Gasteiger partial charge is 0.230 e. The van der Waals surface area contributed by atoms with Gasteiger partial charge in [-0.3, -0.25) is 9.59 Å². The first-order valence-corrected chi connectivity index (χ1v) is 7.47. The van der Waals surface area contributed by atoms with Crippen LogP contribution in [-0.4, -0.2) is 28.9 Å². The van der Waals surface area contributed by atoms with Crippen molar-refractivity contribution >= 4 is 17.5 Å². The van der Waals surface area contributed by atoms with Crippen LogP contribution in [0.25, 0.3) is 0 Å². The number of nitrogens with one attached hydrogen (secondary N) is 1. The van der Waals surface area contributed by atoms with Crippen LogP contribution in [0.3, 0.4) is 0 Å². The van der Waals surface area contributed by atoms with Crippen molar-refractivity contribution in [1.29, 1.82) is 0 Å². The van der Waals surface area contributed by atoms with Crippen molar-refractivity contribution < 1.29 is 14.7 Å². The van der Waals surface area contributed by atoms with Crippen LogP contribution < -0.4 is 5.32 Å². The summed E-state index contributed by atoms with van der Waals surface area (Å²) in [7, 11) is 1.72. The molecule has 23 heavy (non-hydrogen) atoms. The summed E-state index contributed by atoms with van der Waals surface area (Å²) in [6.45, 7) is 0. The number of phenolic OH excluding ortho intramolecular Hbond substituents is 1. The molecule has 0 aromatic heterocycles. The van der Waals surface area contributed by atoms with Crippen LogP contribution in [-0.2, 0) is 9.59 Å². The summed E-state index contributed by atoms with van der Waals surface area (Å²) in [5, 5.41) is 12.3. The van der Waals surface area contributed by atoms with Gasteiger partial charge in [0.2, 0.25) is 11.8 Å². The number of hydrogen-bond acceptors (Lipinski definition) is 3. The van der Waals surface area contributed by atoms with Crippen molar-refractivity contribution in [3.05, 3.63) is 60.2 Å². The maximum atomic E-state index is 12.6. The molecule has 5 heteroatoms. The Hall–Kier alpha value is -2.82. The molecule has 1 aliphatic rings. The van der Waals surface area contributed by atoms with E-state index in [-0.39, 0.29) is 30.0 Å². The van der Waals surface area contributed by atoms with Crippen molar-refractivity contribution in [2.45, 2.75) is 12.5 Å². The van der Waals surface area contributed by atoms with Crippen LogP contribution in [0, 0.1) is 5.92 Å². The largest absolute Gasteiger partial charge is 0.508 e. The van der Waals surface area contributed by atoms with Gasteiger partial charge in [-0.25, -0.2) is 0 Å². The van der Waals surface area contributed by atoms with E-state index in [9.17, 15) is 14.7 Å². The van der Waals surface area contributed by atoms with E-state index in [0.717, 1.165) is 5.56 Å². The van der Waals surface area contributed by atoms with E-state index in [1.807, 2.05) is 30.3 Å². The van der Waals surface area contributed by atoms with E-state index in [1.165, 1.54) is 12.1 Å². The number of carbonyl (C=O) groups excluding carboxylic acids is 2. The molecule has 0 bridgehead atoms. The number of anilines is 1. The summed E-state index contributed by atoms with van der Waals surface area (Å²) in [6.07, 6.45) is 0.181. The van der Waals surface area contributed by atoms with Gasteiger partial charge >= 0.3 is 0 Å². The highest BCUT2D eigenvalue weighted by atomic mass is 16.3. The zero-order valence-electron chi connectivity index (χ0n) is 12.8. The minimum Gasteiger partial charge on any atom is -0.508 e. The predicted molar refractivity (Wildman–Crippen MR) is 86.8 cm³/mol. The van der Waals surface area contributed by atoms with Crippen molar-refractivity contribution in [2.75, 3.05) is 12.4 Å². The van der Waals surface area contributed by atoms with Gasteiger partial charge in [0.15, 0.2) is 0 Å². The highest BCUT2D eigenvalue weighted by molar-refractivity contribution is 5.98. The molecule has 2 aromatic carbocycles. The van der Waals surface area contributed by atoms with Gasteiger partial charge in [-0.1, -0.05) is 36.4 Å². The number of nitrogens with zero attached hydrogens (tertiary/aromatic N) is 1. The maximum absolute atomic E-state index is 12.6. The normalized spacial score (nSPS) is 20.6. The molecule has 0 aliphatic carbocycles. The van der Waals surface area contributed by atoms with E-state index in [2.05, 4.69) is 5.32 Å². The second kappa shape index (κ2) is 6.12. The Kier molecular flexibility index (Phi) is 4.02. The zero-order valence-corrected chi connectivity index (χ0v) is 12.8. The van der Waals surface area contributed by atoms with Crippen molar-refractivity contribution in [1.82, 2.24) is 4.90 Å². The Bertz CT molecular complexity index is 730. The van der Waals surface area contributed by atoms with Crippen molar-refractivity contribution in [3.63, 3.8) is 0 Å². The molecule has 1 heterocycles. The number of rotatable bonds is 3. The van der Waals surface area contributed by atoms with Gasteiger partial charge in [0.1, 0.15) is 5.75 Å². The Labute approximate surface area is 134 Å². The zero-order chi connectivity index (χ0) is 16.4. The lowest BCUT2D eigenvalue weighted by atomic mass is 9.93. The van der Waals surface area contributed by atoms with Crippen molar-refractivity contribution in [3.8, 4) is 5.75 Å². The fraction of sp³-hybridized carbons (Fsp3) is 0.222. The van der Waals surface area contributed by atoms with Crippen LogP contribution in [0.15, 0.2) is 54.6 Å². The predicted octanol–water partition coefficient (Wildman–Crippen LogP) is 2.55. The monoisotopic (exact) mass is 310 g/mol. The molecule has 1 aliphatic heterocycles. The summed E-state index contributed by atoms with van der Waals surface area (Å²) in [5.41, 5.74) is 1.46. The van der Waals surface area contributed by atoms with Gasteiger partial charge in [-0.15, -0.1) is 0 Å². The third-order valence-corrected chi connectivity index (χ3v) is 4.18. The van der Waals surface area contributed by atoms with Crippen LogP contribution in [0.5, 0.6) is 5.75 Å². The lowest BCUT2D eigenvalue weighted by Gasteiger charge is -2.24. The molecule has 0 radical (unpaired) electrons. The summed E-state index contributed by atoms with van der Waals surface area (Å²) in [4.78, 5) is 26.3. The van der Waals surface area contributed by atoms with Gasteiger partial charge in [0, 0.05) is 25.2 Å². The summed E-state index contributed by atoms with van der Waals surface area (Å²) in [5.74, 6) is -0.642. The number of phenols is 1. The average Bonchev–Trinajstić information content (AvgIpc) is 2.84. The Morgan fingerprint density at radius 2 is 1.91 bits per heavy atom. The molecule has 2 aromatic rings. The number of carbonyl (C=O) groups is 2. The number of likely N-dealkylation sites (tertiary alicyclic amines) is 1. The molecule has 2 amide bonds. The Balaban J connectivity index is 1.84. The minimum absolute atomic E-state index is 0.0464. The fourth-order valence-electron chi connectivity index (χ4n) is 3.03. The number of hydrogen-bond donors (Lipinski definition) is 2. The van der Waals surface area contributed by atoms with Gasteiger partial charge in [-0.2, -0.15) is 0 Å². The molecule has 1 fully saturated rings. The van der Waals surface area contributed by atoms with Gasteiger partial charge in [0.25, 0.3) is 0 Å². The second-order valence-corrected chi connectivity index (χ2v) is 5.71. The maximum Gasteiger partial charge on any atom is 0.230 e. The van der Waals surface area contributed by atoms with Gasteiger partial charge < -0.3 is 15.3 Å². The summed E-state index contributed by atoms with van der Waals surface area (Å²) < 4.78 is 0. The molecule has 0 saturated carbocycles. The first-order chi connectivity index (χ1) is 11.1. The SMILES string of the molecule is CN1C(=O)C[C@@H](C(=O)Nc2cccc(O)c2)[C@@H]1c1ccccc1.